The van der Waals surface area contributed by atoms with Gasteiger partial charge in [0.1, 0.15) is 5.75 Å². The number of amides is 2. The van der Waals surface area contributed by atoms with Crippen molar-refractivity contribution < 1.29 is 19.1 Å². The average Bonchev–Trinajstić information content (AvgIpc) is 2.65. The predicted octanol–water partition coefficient (Wildman–Crippen LogP) is 1.10. The molecular weight excluding hydrogens is 407 g/mol. The molecular formula is C18H30Cl2N4O4. The minimum absolute atomic E-state index is 0. The number of halogens is 2. The standard InChI is InChI=1S/C18H28N4O4.2ClH/c1-21-7-9-22(10-8-21)18(24)14-4-5-16(26-3)15(12-14)20-17(23)13-19-6-11-25-2;;/h4-5,12,19H,6-11,13H2,1-3H3,(H,20,23);2*1H. The summed E-state index contributed by atoms with van der Waals surface area (Å²) >= 11 is 0. The van der Waals surface area contributed by atoms with Gasteiger partial charge in [0, 0.05) is 45.4 Å². The maximum absolute atomic E-state index is 12.7. The lowest BCUT2D eigenvalue weighted by Crippen LogP contribution is -2.47. The number of nitrogens with one attached hydrogen (secondary N) is 2. The third-order valence-electron chi connectivity index (χ3n) is 4.28. The highest BCUT2D eigenvalue weighted by Gasteiger charge is 2.21. The van der Waals surface area contributed by atoms with Crippen molar-refractivity contribution >= 4 is 42.3 Å². The van der Waals surface area contributed by atoms with Crippen molar-refractivity contribution in [2.45, 2.75) is 0 Å². The third kappa shape index (κ3) is 7.81. The number of hydrogen-bond donors (Lipinski definition) is 2. The Balaban J connectivity index is 0.00000364. The molecule has 1 aliphatic heterocycles. The molecule has 8 nitrogen and oxygen atoms in total. The number of carbonyl (C=O) groups excluding carboxylic acids is 2. The Morgan fingerprint density at radius 1 is 1.11 bits per heavy atom. The summed E-state index contributed by atoms with van der Waals surface area (Å²) in [5.74, 6) is 0.281. The van der Waals surface area contributed by atoms with Crippen LogP contribution in [0.5, 0.6) is 5.75 Å². The van der Waals surface area contributed by atoms with Crippen molar-refractivity contribution in [3.63, 3.8) is 0 Å². The fourth-order valence-electron chi connectivity index (χ4n) is 2.70. The van der Waals surface area contributed by atoms with E-state index in [1.807, 2.05) is 11.9 Å². The Morgan fingerprint density at radius 2 is 1.79 bits per heavy atom. The van der Waals surface area contributed by atoms with E-state index >= 15 is 0 Å². The lowest BCUT2D eigenvalue weighted by atomic mass is 10.1. The van der Waals surface area contributed by atoms with Crippen LogP contribution in [0.3, 0.4) is 0 Å². The first-order chi connectivity index (χ1) is 12.5. The molecule has 2 amide bonds. The minimum Gasteiger partial charge on any atom is -0.495 e. The maximum Gasteiger partial charge on any atom is 0.254 e. The van der Waals surface area contributed by atoms with Gasteiger partial charge in [-0.1, -0.05) is 0 Å². The van der Waals surface area contributed by atoms with Crippen molar-refractivity contribution in [2.24, 2.45) is 0 Å². The molecule has 0 radical (unpaired) electrons. The van der Waals surface area contributed by atoms with Gasteiger partial charge in [0.15, 0.2) is 0 Å². The summed E-state index contributed by atoms with van der Waals surface area (Å²) in [5.41, 5.74) is 1.03. The molecule has 0 bridgehead atoms. The zero-order valence-electron chi connectivity index (χ0n) is 16.5. The molecule has 0 aromatic heterocycles. The summed E-state index contributed by atoms with van der Waals surface area (Å²) in [5, 5.41) is 5.78. The number of nitrogens with zero attached hydrogens (tertiary/aromatic N) is 2. The van der Waals surface area contributed by atoms with Crippen molar-refractivity contribution in [3.8, 4) is 5.75 Å². The first kappa shape index (κ1) is 26.4. The number of anilines is 1. The molecule has 0 atom stereocenters. The van der Waals surface area contributed by atoms with Crippen molar-refractivity contribution in [1.82, 2.24) is 15.1 Å². The van der Waals surface area contributed by atoms with Gasteiger partial charge in [-0.15, -0.1) is 24.8 Å². The molecule has 1 aliphatic rings. The normalized spacial score (nSPS) is 13.9. The number of ether oxygens (including phenoxy) is 2. The molecule has 0 spiro atoms. The Kier molecular flexibility index (Phi) is 12.8. The number of methoxy groups -OCH3 is 2. The summed E-state index contributed by atoms with van der Waals surface area (Å²) in [7, 11) is 5.18. The van der Waals surface area contributed by atoms with Gasteiger partial charge in [-0.05, 0) is 25.2 Å². The lowest BCUT2D eigenvalue weighted by Gasteiger charge is -2.32. The highest BCUT2D eigenvalue weighted by atomic mass is 35.5. The molecule has 0 unspecified atom stereocenters. The van der Waals surface area contributed by atoms with E-state index in [0.29, 0.717) is 43.2 Å². The zero-order valence-corrected chi connectivity index (χ0v) is 18.2. The van der Waals surface area contributed by atoms with Crippen LogP contribution < -0.4 is 15.4 Å². The predicted molar refractivity (Wildman–Crippen MR) is 114 cm³/mol. The van der Waals surface area contributed by atoms with Crippen LogP contribution in [0.25, 0.3) is 0 Å². The van der Waals surface area contributed by atoms with Crippen LogP contribution in [-0.4, -0.2) is 88.8 Å². The molecule has 28 heavy (non-hydrogen) atoms. The quantitative estimate of drug-likeness (QED) is 0.593. The van der Waals surface area contributed by atoms with Crippen molar-refractivity contribution in [2.75, 3.05) is 72.5 Å². The average molecular weight is 437 g/mol. The van der Waals surface area contributed by atoms with E-state index in [1.54, 1.807) is 25.3 Å². The van der Waals surface area contributed by atoms with Crippen LogP contribution in [0.1, 0.15) is 10.4 Å². The number of benzene rings is 1. The van der Waals surface area contributed by atoms with Gasteiger partial charge >= 0.3 is 0 Å². The van der Waals surface area contributed by atoms with Gasteiger partial charge in [0.2, 0.25) is 5.91 Å². The van der Waals surface area contributed by atoms with Crippen LogP contribution in [-0.2, 0) is 9.53 Å². The third-order valence-corrected chi connectivity index (χ3v) is 4.28. The largest absolute Gasteiger partial charge is 0.495 e. The molecule has 0 saturated carbocycles. The summed E-state index contributed by atoms with van der Waals surface area (Å²) < 4.78 is 10.2. The van der Waals surface area contributed by atoms with Crippen LogP contribution in [0.4, 0.5) is 5.69 Å². The van der Waals surface area contributed by atoms with Gasteiger partial charge in [0.05, 0.1) is 25.9 Å². The van der Waals surface area contributed by atoms with E-state index in [1.165, 1.54) is 7.11 Å². The van der Waals surface area contributed by atoms with Crippen LogP contribution in [0, 0.1) is 0 Å². The molecule has 10 heteroatoms. The Bertz CT molecular complexity index is 626. The maximum atomic E-state index is 12.7. The molecule has 160 valence electrons. The minimum atomic E-state index is -0.205. The smallest absolute Gasteiger partial charge is 0.254 e. The second-order valence-corrected chi connectivity index (χ2v) is 6.23. The van der Waals surface area contributed by atoms with E-state index in [4.69, 9.17) is 9.47 Å². The number of carbonyl (C=O) groups is 2. The highest BCUT2D eigenvalue weighted by Crippen LogP contribution is 2.26. The van der Waals surface area contributed by atoms with E-state index in [-0.39, 0.29) is 43.2 Å². The first-order valence-corrected chi connectivity index (χ1v) is 8.70. The number of likely N-dealkylation sites (N-methyl/N-ethyl adjacent to an activating group) is 1. The van der Waals surface area contributed by atoms with E-state index in [0.717, 1.165) is 13.1 Å². The monoisotopic (exact) mass is 436 g/mol. The highest BCUT2D eigenvalue weighted by molar-refractivity contribution is 5.99. The van der Waals surface area contributed by atoms with Gasteiger partial charge in [0.25, 0.3) is 5.91 Å². The van der Waals surface area contributed by atoms with Gasteiger partial charge in [-0.2, -0.15) is 0 Å². The molecule has 1 heterocycles. The van der Waals surface area contributed by atoms with E-state index < -0.39 is 0 Å². The summed E-state index contributed by atoms with van der Waals surface area (Å²) in [6, 6.07) is 5.11. The molecule has 1 saturated heterocycles. The zero-order chi connectivity index (χ0) is 18.9. The Morgan fingerprint density at radius 3 is 2.39 bits per heavy atom. The fraction of sp³-hybridized carbons (Fsp3) is 0.556. The van der Waals surface area contributed by atoms with Crippen molar-refractivity contribution in [1.29, 1.82) is 0 Å². The lowest BCUT2D eigenvalue weighted by molar-refractivity contribution is -0.115. The summed E-state index contributed by atoms with van der Waals surface area (Å²) in [6.07, 6.45) is 0. The van der Waals surface area contributed by atoms with Crippen molar-refractivity contribution in [3.05, 3.63) is 23.8 Å². The van der Waals surface area contributed by atoms with Crippen LogP contribution in [0.15, 0.2) is 18.2 Å². The van der Waals surface area contributed by atoms with Crippen LogP contribution >= 0.6 is 24.8 Å². The van der Waals surface area contributed by atoms with Gasteiger partial charge < -0.3 is 29.9 Å². The second kappa shape index (κ2) is 13.6. The second-order valence-electron chi connectivity index (χ2n) is 6.23. The summed E-state index contributed by atoms with van der Waals surface area (Å²) in [6.45, 7) is 4.40. The molecule has 2 rings (SSSR count). The Hall–Kier alpha value is -1.58. The fourth-order valence-corrected chi connectivity index (χ4v) is 2.70. The molecule has 2 N–H and O–H groups in total. The molecule has 1 aromatic carbocycles. The molecule has 1 aromatic rings. The van der Waals surface area contributed by atoms with Gasteiger partial charge in [-0.3, -0.25) is 9.59 Å². The SMILES string of the molecule is COCCNCC(=O)Nc1cc(C(=O)N2CCN(C)CC2)ccc1OC.Cl.Cl. The summed E-state index contributed by atoms with van der Waals surface area (Å²) in [4.78, 5) is 28.8. The molecule has 1 fully saturated rings. The van der Waals surface area contributed by atoms with Gasteiger partial charge in [-0.25, -0.2) is 0 Å². The topological polar surface area (TPSA) is 83.1 Å². The Labute approximate surface area is 178 Å². The van der Waals surface area contributed by atoms with E-state index in [2.05, 4.69) is 15.5 Å². The number of piperazine rings is 1. The number of hydrogen-bond acceptors (Lipinski definition) is 6. The first-order valence-electron chi connectivity index (χ1n) is 8.70. The molecule has 0 aliphatic carbocycles. The van der Waals surface area contributed by atoms with Crippen LogP contribution in [0.2, 0.25) is 0 Å². The van der Waals surface area contributed by atoms with E-state index in [9.17, 15) is 9.59 Å². The number of rotatable bonds is 8.